The molecule has 0 bridgehead atoms. The lowest BCUT2D eigenvalue weighted by Crippen LogP contribution is -2.48. The van der Waals surface area contributed by atoms with E-state index in [-0.39, 0.29) is 23.3 Å². The minimum Gasteiger partial charge on any atom is -0.507 e. The van der Waals surface area contributed by atoms with Gasteiger partial charge in [0.2, 0.25) is 0 Å². The lowest BCUT2D eigenvalue weighted by molar-refractivity contribution is 0.0641. The normalized spacial score (nSPS) is 25.0. The third kappa shape index (κ3) is 3.68. The van der Waals surface area contributed by atoms with E-state index in [1.165, 1.54) is 17.3 Å². The summed E-state index contributed by atoms with van der Waals surface area (Å²) in [5, 5.41) is 9.99. The van der Waals surface area contributed by atoms with Gasteiger partial charge in [-0.2, -0.15) is 0 Å². The number of nitrogens with one attached hydrogen (secondary N) is 3. The molecule has 2 aliphatic heterocycles. The van der Waals surface area contributed by atoms with Crippen LogP contribution in [0.3, 0.4) is 0 Å². The first kappa shape index (κ1) is 18.7. The number of H-pyrrole nitrogens is 1. The van der Waals surface area contributed by atoms with E-state index < -0.39 is 5.56 Å². The van der Waals surface area contributed by atoms with E-state index in [1.807, 2.05) is 0 Å². The number of aromatic amines is 1. The second-order valence-corrected chi connectivity index (χ2v) is 7.82. The predicted octanol–water partition coefficient (Wildman–Crippen LogP) is 1.50. The van der Waals surface area contributed by atoms with Gasteiger partial charge in [-0.05, 0) is 31.2 Å². The summed E-state index contributed by atoms with van der Waals surface area (Å²) in [4.78, 5) is 28.5. The summed E-state index contributed by atoms with van der Waals surface area (Å²) in [5.74, 6) is 0.149. The van der Waals surface area contributed by atoms with Crippen molar-refractivity contribution in [2.45, 2.75) is 31.7 Å². The summed E-state index contributed by atoms with van der Waals surface area (Å²) in [6.07, 6.45) is 3.26. The maximum Gasteiger partial charge on any atom is 0.259 e. The van der Waals surface area contributed by atoms with Gasteiger partial charge in [0.15, 0.2) is 0 Å². The molecule has 0 saturated carbocycles. The topological polar surface area (TPSA) is 97.5 Å². The number of piperidine rings is 1. The Hall–Kier alpha value is -2.64. The monoisotopic (exact) mass is 382 g/mol. The van der Waals surface area contributed by atoms with Gasteiger partial charge in [-0.15, -0.1) is 0 Å². The maximum atomic E-state index is 12.9. The molecule has 4 rings (SSSR count). The summed E-state index contributed by atoms with van der Waals surface area (Å²) >= 11 is 0. The number of aryl methyl sites for hydroxylation is 1. The summed E-state index contributed by atoms with van der Waals surface area (Å²) in [7, 11) is 0. The molecule has 0 spiro atoms. The summed E-state index contributed by atoms with van der Waals surface area (Å²) < 4.78 is 0. The maximum absolute atomic E-state index is 12.9. The van der Waals surface area contributed by atoms with Gasteiger partial charge in [-0.25, -0.2) is 0 Å². The van der Waals surface area contributed by atoms with Crippen molar-refractivity contribution in [2.75, 3.05) is 19.6 Å². The van der Waals surface area contributed by atoms with Crippen molar-refractivity contribution in [1.82, 2.24) is 20.7 Å². The Bertz CT molecular complexity index is 909. The Balaban J connectivity index is 1.50. The first-order valence-corrected chi connectivity index (χ1v) is 9.79. The number of aromatic hydroxyl groups is 1. The van der Waals surface area contributed by atoms with Crippen LogP contribution in [0.25, 0.3) is 0 Å². The fourth-order valence-corrected chi connectivity index (χ4v) is 4.39. The Labute approximate surface area is 163 Å². The number of carbonyl (C=O) groups excluding carboxylic acids is 1. The molecule has 3 unspecified atom stereocenters. The Kier molecular flexibility index (Phi) is 5.19. The minimum atomic E-state index is -0.423. The molecule has 2 fully saturated rings. The van der Waals surface area contributed by atoms with Crippen molar-refractivity contribution in [3.05, 3.63) is 63.6 Å². The van der Waals surface area contributed by atoms with Gasteiger partial charge in [0, 0.05) is 43.9 Å². The van der Waals surface area contributed by atoms with Crippen LogP contribution in [0.2, 0.25) is 0 Å². The van der Waals surface area contributed by atoms with E-state index in [2.05, 4.69) is 47.0 Å². The number of hydrogen-bond acceptors (Lipinski definition) is 5. The van der Waals surface area contributed by atoms with E-state index in [1.54, 1.807) is 4.90 Å². The largest absolute Gasteiger partial charge is 0.507 e. The number of pyridine rings is 1. The number of hydrogen-bond donors (Lipinski definition) is 4. The summed E-state index contributed by atoms with van der Waals surface area (Å²) in [6.45, 7) is 4.23. The molecule has 2 saturated heterocycles. The van der Waals surface area contributed by atoms with Gasteiger partial charge < -0.3 is 15.0 Å². The lowest BCUT2D eigenvalue weighted by Gasteiger charge is -2.37. The van der Waals surface area contributed by atoms with Gasteiger partial charge in [-0.3, -0.25) is 20.4 Å². The molecule has 0 aliphatic carbocycles. The Morgan fingerprint density at radius 2 is 2.04 bits per heavy atom. The predicted molar refractivity (Wildman–Crippen MR) is 106 cm³/mol. The standard InChI is InChI=1S/C21H26N4O3/c1-13-4-6-14(7-5-13)16-11-23-24-20(16)15-3-2-8-25(12-15)21(28)17-10-22-19(27)9-18(17)26/h4-7,9-10,15-16,20,23-24H,2-3,8,11-12H2,1H3,(H2,22,26,27). The molecule has 3 atom stereocenters. The van der Waals surface area contributed by atoms with Crippen molar-refractivity contribution in [3.8, 4) is 5.75 Å². The van der Waals surface area contributed by atoms with Crippen LogP contribution in [0.5, 0.6) is 5.75 Å². The SMILES string of the molecule is Cc1ccc(C2CNNC2C2CCCN(C(=O)c3c[nH]c(=O)cc3O)C2)cc1. The van der Waals surface area contributed by atoms with Crippen LogP contribution in [0, 0.1) is 12.8 Å². The zero-order valence-corrected chi connectivity index (χ0v) is 15.9. The average Bonchev–Trinajstić information content (AvgIpc) is 3.18. The van der Waals surface area contributed by atoms with Gasteiger partial charge >= 0.3 is 0 Å². The van der Waals surface area contributed by atoms with Crippen LogP contribution in [-0.4, -0.2) is 46.6 Å². The van der Waals surface area contributed by atoms with Crippen molar-refractivity contribution in [3.63, 3.8) is 0 Å². The summed E-state index contributed by atoms with van der Waals surface area (Å²) in [6, 6.07) is 9.94. The zero-order chi connectivity index (χ0) is 19.7. The fourth-order valence-electron chi connectivity index (χ4n) is 4.39. The van der Waals surface area contributed by atoms with Crippen molar-refractivity contribution in [2.24, 2.45) is 5.92 Å². The summed E-state index contributed by atoms with van der Waals surface area (Å²) in [5.41, 5.74) is 8.98. The van der Waals surface area contributed by atoms with Crippen LogP contribution < -0.4 is 16.4 Å². The second-order valence-electron chi connectivity index (χ2n) is 7.82. The number of benzene rings is 1. The first-order valence-electron chi connectivity index (χ1n) is 9.79. The van der Waals surface area contributed by atoms with E-state index in [4.69, 9.17) is 0 Å². The molecule has 7 heteroatoms. The van der Waals surface area contributed by atoms with E-state index in [9.17, 15) is 14.7 Å². The molecule has 28 heavy (non-hydrogen) atoms. The van der Waals surface area contributed by atoms with Crippen LogP contribution in [-0.2, 0) is 0 Å². The number of rotatable bonds is 3. The van der Waals surface area contributed by atoms with Crippen molar-refractivity contribution < 1.29 is 9.90 Å². The molecular formula is C21H26N4O3. The van der Waals surface area contributed by atoms with Crippen LogP contribution in [0.4, 0.5) is 0 Å². The zero-order valence-electron chi connectivity index (χ0n) is 15.9. The third-order valence-electron chi connectivity index (χ3n) is 5.92. The molecule has 148 valence electrons. The highest BCUT2D eigenvalue weighted by atomic mass is 16.3. The molecule has 1 amide bonds. The highest BCUT2D eigenvalue weighted by molar-refractivity contribution is 5.96. The molecule has 1 aromatic carbocycles. The third-order valence-corrected chi connectivity index (χ3v) is 5.92. The van der Waals surface area contributed by atoms with Gasteiger partial charge in [-0.1, -0.05) is 29.8 Å². The van der Waals surface area contributed by atoms with Crippen LogP contribution in [0.1, 0.15) is 40.2 Å². The quantitative estimate of drug-likeness (QED) is 0.645. The molecule has 2 aliphatic rings. The highest BCUT2D eigenvalue weighted by Crippen LogP contribution is 2.32. The number of nitrogens with zero attached hydrogens (tertiary/aromatic N) is 1. The lowest BCUT2D eigenvalue weighted by atomic mass is 9.81. The molecule has 7 nitrogen and oxygen atoms in total. The molecular weight excluding hydrogens is 356 g/mol. The highest BCUT2D eigenvalue weighted by Gasteiger charge is 2.38. The van der Waals surface area contributed by atoms with Gasteiger partial charge in [0.1, 0.15) is 5.75 Å². The number of hydrazine groups is 1. The molecule has 0 radical (unpaired) electrons. The van der Waals surface area contributed by atoms with E-state index in [0.29, 0.717) is 24.9 Å². The number of amides is 1. The Morgan fingerprint density at radius 1 is 1.25 bits per heavy atom. The van der Waals surface area contributed by atoms with Crippen LogP contribution >= 0.6 is 0 Å². The average molecular weight is 382 g/mol. The molecule has 3 heterocycles. The Morgan fingerprint density at radius 3 is 2.79 bits per heavy atom. The van der Waals surface area contributed by atoms with Crippen molar-refractivity contribution >= 4 is 5.91 Å². The number of carbonyl (C=O) groups is 1. The smallest absolute Gasteiger partial charge is 0.259 e. The fraction of sp³-hybridized carbons (Fsp3) is 0.429. The van der Waals surface area contributed by atoms with Gasteiger partial charge in [0.25, 0.3) is 11.5 Å². The van der Waals surface area contributed by atoms with Gasteiger partial charge in [0.05, 0.1) is 5.56 Å². The first-order chi connectivity index (χ1) is 13.5. The minimum absolute atomic E-state index is 0.146. The second kappa shape index (κ2) is 7.77. The number of aromatic nitrogens is 1. The van der Waals surface area contributed by atoms with E-state index >= 15 is 0 Å². The number of likely N-dealkylation sites (tertiary alicyclic amines) is 1. The van der Waals surface area contributed by atoms with E-state index in [0.717, 1.165) is 25.5 Å². The van der Waals surface area contributed by atoms with Crippen molar-refractivity contribution in [1.29, 1.82) is 0 Å². The molecule has 2 aromatic rings. The molecule has 4 N–H and O–H groups in total. The van der Waals surface area contributed by atoms with Crippen LogP contribution in [0.15, 0.2) is 41.3 Å². The molecule has 1 aromatic heterocycles.